The van der Waals surface area contributed by atoms with E-state index < -0.39 is 5.97 Å². The molecule has 0 saturated heterocycles. The zero-order chi connectivity index (χ0) is 13.5. The number of carbonyl (C=O) groups excluding carboxylic acids is 2. The number of anilines is 1. The van der Waals surface area contributed by atoms with E-state index >= 15 is 0 Å². The van der Waals surface area contributed by atoms with Gasteiger partial charge in [0.15, 0.2) is 10.8 Å². The van der Waals surface area contributed by atoms with Gasteiger partial charge in [-0.1, -0.05) is 0 Å². The van der Waals surface area contributed by atoms with Crippen molar-refractivity contribution in [1.82, 2.24) is 4.98 Å². The molecule has 0 fully saturated rings. The number of rotatable bonds is 6. The highest BCUT2D eigenvalue weighted by molar-refractivity contribution is 7.15. The molecule has 100 valence electrons. The number of hydrogen-bond acceptors (Lipinski definition) is 7. The van der Waals surface area contributed by atoms with Gasteiger partial charge in [0.05, 0.1) is 20.1 Å². The van der Waals surface area contributed by atoms with Gasteiger partial charge < -0.3 is 14.8 Å². The van der Waals surface area contributed by atoms with E-state index in [1.54, 1.807) is 13.8 Å². The van der Waals surface area contributed by atoms with Crippen molar-refractivity contribution in [3.8, 4) is 0 Å². The quantitative estimate of drug-likeness (QED) is 0.793. The highest BCUT2D eigenvalue weighted by atomic mass is 32.1. The summed E-state index contributed by atoms with van der Waals surface area (Å²) in [7, 11) is 1.34. The average Bonchev–Trinajstić information content (AvgIpc) is 2.70. The molecule has 0 aliphatic carbocycles. The molecule has 0 atom stereocenters. The second kappa shape index (κ2) is 6.95. The minimum Gasteiger partial charge on any atom is -0.469 e. The fourth-order valence-corrected chi connectivity index (χ4v) is 2.06. The van der Waals surface area contributed by atoms with Gasteiger partial charge in [-0.25, -0.2) is 9.78 Å². The van der Waals surface area contributed by atoms with Crippen LogP contribution in [0.25, 0.3) is 0 Å². The Morgan fingerprint density at radius 3 is 2.78 bits per heavy atom. The maximum atomic E-state index is 11.5. The summed E-state index contributed by atoms with van der Waals surface area (Å²) in [6, 6.07) is 0. The summed E-state index contributed by atoms with van der Waals surface area (Å²) < 4.78 is 9.40. The van der Waals surface area contributed by atoms with E-state index in [-0.39, 0.29) is 12.4 Å². The topological polar surface area (TPSA) is 77.5 Å². The standard InChI is InChI=1S/C11H16N2O4S/c1-4-17-10(15)9-7(2)18-11(13-9)12-6-5-8(14)16-3/h4-6H2,1-3H3,(H,12,13). The van der Waals surface area contributed by atoms with Crippen molar-refractivity contribution in [3.63, 3.8) is 0 Å². The van der Waals surface area contributed by atoms with E-state index in [0.29, 0.717) is 24.0 Å². The Balaban J connectivity index is 2.56. The second-order valence-electron chi connectivity index (χ2n) is 3.40. The molecule has 0 aliphatic rings. The molecule has 18 heavy (non-hydrogen) atoms. The first-order chi connectivity index (χ1) is 8.58. The summed E-state index contributed by atoms with van der Waals surface area (Å²) >= 11 is 1.35. The SMILES string of the molecule is CCOC(=O)c1nc(NCCC(=O)OC)sc1C. The predicted octanol–water partition coefficient (Wildman–Crippen LogP) is 1.60. The fourth-order valence-electron chi connectivity index (χ4n) is 1.23. The predicted molar refractivity (Wildman–Crippen MR) is 67.9 cm³/mol. The molecule has 1 heterocycles. The Hall–Kier alpha value is -1.63. The van der Waals surface area contributed by atoms with Crippen LogP contribution in [0.15, 0.2) is 0 Å². The van der Waals surface area contributed by atoms with Crippen LogP contribution in [0.5, 0.6) is 0 Å². The van der Waals surface area contributed by atoms with Crippen LogP contribution in [0.4, 0.5) is 5.13 Å². The fraction of sp³-hybridized carbons (Fsp3) is 0.545. The molecule has 7 heteroatoms. The van der Waals surface area contributed by atoms with Crippen molar-refractivity contribution < 1.29 is 19.1 Å². The van der Waals surface area contributed by atoms with Crippen LogP contribution in [0, 0.1) is 6.92 Å². The van der Waals surface area contributed by atoms with Crippen LogP contribution < -0.4 is 5.32 Å². The van der Waals surface area contributed by atoms with Crippen LogP contribution in [-0.2, 0) is 14.3 Å². The number of nitrogens with one attached hydrogen (secondary N) is 1. The Morgan fingerprint density at radius 2 is 2.17 bits per heavy atom. The zero-order valence-corrected chi connectivity index (χ0v) is 11.4. The van der Waals surface area contributed by atoms with E-state index in [9.17, 15) is 9.59 Å². The summed E-state index contributed by atoms with van der Waals surface area (Å²) in [6.07, 6.45) is 0.254. The number of aromatic nitrogens is 1. The van der Waals surface area contributed by atoms with Crippen LogP contribution in [-0.4, -0.2) is 37.2 Å². The molecular weight excluding hydrogens is 256 g/mol. The van der Waals surface area contributed by atoms with Gasteiger partial charge in [-0.2, -0.15) is 0 Å². The summed E-state index contributed by atoms with van der Waals surface area (Å²) in [6.45, 7) is 4.29. The lowest BCUT2D eigenvalue weighted by Gasteiger charge is -2.00. The normalized spacial score (nSPS) is 9.94. The van der Waals surface area contributed by atoms with Crippen LogP contribution in [0.3, 0.4) is 0 Å². The van der Waals surface area contributed by atoms with E-state index in [1.807, 2.05) is 0 Å². The zero-order valence-electron chi connectivity index (χ0n) is 10.6. The first kappa shape index (κ1) is 14.4. The molecule has 1 N–H and O–H groups in total. The maximum absolute atomic E-state index is 11.5. The summed E-state index contributed by atoms with van der Waals surface area (Å²) in [5.74, 6) is -0.714. The summed E-state index contributed by atoms with van der Waals surface area (Å²) in [4.78, 5) is 27.4. The van der Waals surface area contributed by atoms with Gasteiger partial charge in [-0.3, -0.25) is 4.79 Å². The van der Waals surface area contributed by atoms with Gasteiger partial charge in [0.1, 0.15) is 0 Å². The highest BCUT2D eigenvalue weighted by Crippen LogP contribution is 2.22. The van der Waals surface area contributed by atoms with Crippen molar-refractivity contribution >= 4 is 28.4 Å². The number of hydrogen-bond donors (Lipinski definition) is 1. The molecule has 0 saturated carbocycles. The molecule has 0 radical (unpaired) electrons. The lowest BCUT2D eigenvalue weighted by molar-refractivity contribution is -0.140. The van der Waals surface area contributed by atoms with Crippen molar-refractivity contribution in [2.75, 3.05) is 25.6 Å². The monoisotopic (exact) mass is 272 g/mol. The lowest BCUT2D eigenvalue weighted by atomic mass is 10.4. The highest BCUT2D eigenvalue weighted by Gasteiger charge is 2.16. The molecule has 1 aromatic heterocycles. The van der Waals surface area contributed by atoms with Crippen molar-refractivity contribution in [2.24, 2.45) is 0 Å². The van der Waals surface area contributed by atoms with E-state index in [2.05, 4.69) is 15.0 Å². The maximum Gasteiger partial charge on any atom is 0.358 e. The van der Waals surface area contributed by atoms with Crippen LogP contribution >= 0.6 is 11.3 Å². The van der Waals surface area contributed by atoms with Gasteiger partial charge in [0, 0.05) is 11.4 Å². The number of esters is 2. The van der Waals surface area contributed by atoms with Gasteiger partial charge in [-0.15, -0.1) is 11.3 Å². The van der Waals surface area contributed by atoms with Gasteiger partial charge in [0.2, 0.25) is 0 Å². The number of aryl methyl sites for hydroxylation is 1. The molecule has 1 aromatic rings. The molecule has 6 nitrogen and oxygen atoms in total. The third-order valence-electron chi connectivity index (χ3n) is 2.10. The smallest absolute Gasteiger partial charge is 0.358 e. The molecule has 0 amide bonds. The van der Waals surface area contributed by atoms with Crippen LogP contribution in [0.1, 0.15) is 28.7 Å². The van der Waals surface area contributed by atoms with E-state index in [1.165, 1.54) is 18.4 Å². The van der Waals surface area contributed by atoms with Gasteiger partial charge in [0.25, 0.3) is 0 Å². The molecule has 1 rings (SSSR count). The number of ether oxygens (including phenoxy) is 2. The average molecular weight is 272 g/mol. The molecule has 0 aromatic carbocycles. The van der Waals surface area contributed by atoms with Gasteiger partial charge >= 0.3 is 11.9 Å². The number of methoxy groups -OCH3 is 1. The summed E-state index contributed by atoms with van der Waals surface area (Å²) in [5.41, 5.74) is 0.322. The first-order valence-corrected chi connectivity index (χ1v) is 6.35. The minimum atomic E-state index is -0.424. The lowest BCUT2D eigenvalue weighted by Crippen LogP contribution is -2.10. The number of nitrogens with zero attached hydrogens (tertiary/aromatic N) is 1. The Kier molecular flexibility index (Phi) is 5.57. The second-order valence-corrected chi connectivity index (χ2v) is 4.60. The molecule has 0 aliphatic heterocycles. The molecule has 0 spiro atoms. The van der Waals surface area contributed by atoms with Gasteiger partial charge in [-0.05, 0) is 13.8 Å². The third kappa shape index (κ3) is 3.99. The largest absolute Gasteiger partial charge is 0.469 e. The van der Waals surface area contributed by atoms with Crippen molar-refractivity contribution in [1.29, 1.82) is 0 Å². The third-order valence-corrected chi connectivity index (χ3v) is 3.03. The molecule has 0 unspecified atom stereocenters. The van der Waals surface area contributed by atoms with Crippen molar-refractivity contribution in [2.45, 2.75) is 20.3 Å². The van der Waals surface area contributed by atoms with E-state index in [4.69, 9.17) is 4.74 Å². The minimum absolute atomic E-state index is 0.254. The molecular formula is C11H16N2O4S. The summed E-state index contributed by atoms with van der Waals surface area (Å²) in [5, 5.41) is 3.56. The van der Waals surface area contributed by atoms with E-state index in [0.717, 1.165) is 4.88 Å². The Labute approximate surface area is 109 Å². The number of thiazole rings is 1. The molecule has 0 bridgehead atoms. The first-order valence-electron chi connectivity index (χ1n) is 5.53. The van der Waals surface area contributed by atoms with Crippen LogP contribution in [0.2, 0.25) is 0 Å². The Morgan fingerprint density at radius 1 is 1.44 bits per heavy atom. The Bertz CT molecular complexity index is 431. The number of carbonyl (C=O) groups is 2. The van der Waals surface area contributed by atoms with Crippen molar-refractivity contribution in [3.05, 3.63) is 10.6 Å².